The Bertz CT molecular complexity index is 648. The van der Waals surface area contributed by atoms with Crippen molar-refractivity contribution in [3.05, 3.63) is 63.2 Å². The second-order valence-corrected chi connectivity index (χ2v) is 7.29. The lowest BCUT2D eigenvalue weighted by Crippen LogP contribution is -2.40. The highest BCUT2D eigenvalue weighted by Gasteiger charge is 2.16. The molecule has 116 valence electrons. The minimum atomic E-state index is -0.245. The number of halogens is 1. The van der Waals surface area contributed by atoms with Crippen molar-refractivity contribution in [1.29, 1.82) is 0 Å². The van der Waals surface area contributed by atoms with Crippen LogP contribution in [0, 0.1) is 3.57 Å². The lowest BCUT2D eigenvalue weighted by Gasteiger charge is -2.20. The van der Waals surface area contributed by atoms with Gasteiger partial charge in [0, 0.05) is 11.1 Å². The van der Waals surface area contributed by atoms with Crippen molar-refractivity contribution in [2.45, 2.75) is 32.9 Å². The van der Waals surface area contributed by atoms with Gasteiger partial charge in [0.2, 0.25) is 0 Å². The SMILES string of the molecule is CC(C)(C)NC(=O)c1ccc(OCc2ccccc2)c(I)c1. The number of carbonyl (C=O) groups excluding carboxylic acids is 1. The molecule has 2 aromatic carbocycles. The number of hydrogen-bond acceptors (Lipinski definition) is 2. The molecule has 2 aromatic rings. The van der Waals surface area contributed by atoms with Gasteiger partial charge < -0.3 is 10.1 Å². The van der Waals surface area contributed by atoms with Crippen LogP contribution in [-0.4, -0.2) is 11.4 Å². The lowest BCUT2D eigenvalue weighted by atomic mass is 10.1. The molecule has 0 unspecified atom stereocenters. The van der Waals surface area contributed by atoms with E-state index >= 15 is 0 Å². The van der Waals surface area contributed by atoms with Crippen LogP contribution in [0.5, 0.6) is 5.75 Å². The summed E-state index contributed by atoms with van der Waals surface area (Å²) in [5, 5.41) is 2.96. The highest BCUT2D eigenvalue weighted by Crippen LogP contribution is 2.23. The predicted molar refractivity (Wildman–Crippen MR) is 97.2 cm³/mol. The number of benzene rings is 2. The van der Waals surface area contributed by atoms with Gasteiger partial charge in [-0.15, -0.1) is 0 Å². The Morgan fingerprint density at radius 3 is 2.41 bits per heavy atom. The van der Waals surface area contributed by atoms with E-state index in [-0.39, 0.29) is 11.4 Å². The third-order valence-corrected chi connectivity index (χ3v) is 3.76. The van der Waals surface area contributed by atoms with Gasteiger partial charge in [-0.05, 0) is 67.1 Å². The summed E-state index contributed by atoms with van der Waals surface area (Å²) in [4.78, 5) is 12.1. The van der Waals surface area contributed by atoms with E-state index in [2.05, 4.69) is 27.9 Å². The van der Waals surface area contributed by atoms with Gasteiger partial charge in [0.15, 0.2) is 0 Å². The summed E-state index contributed by atoms with van der Waals surface area (Å²) in [6, 6.07) is 15.5. The zero-order valence-corrected chi connectivity index (χ0v) is 15.2. The van der Waals surface area contributed by atoms with E-state index in [9.17, 15) is 4.79 Å². The third kappa shape index (κ3) is 5.02. The maximum Gasteiger partial charge on any atom is 0.251 e. The Morgan fingerprint density at radius 1 is 1.14 bits per heavy atom. The Balaban J connectivity index is 2.05. The molecule has 0 fully saturated rings. The van der Waals surface area contributed by atoms with Crippen molar-refractivity contribution in [3.63, 3.8) is 0 Å². The van der Waals surface area contributed by atoms with Crippen molar-refractivity contribution < 1.29 is 9.53 Å². The summed E-state index contributed by atoms with van der Waals surface area (Å²) in [6.45, 7) is 6.41. The van der Waals surface area contributed by atoms with Gasteiger partial charge in [-0.25, -0.2) is 0 Å². The predicted octanol–water partition coefficient (Wildman–Crippen LogP) is 4.40. The quantitative estimate of drug-likeness (QED) is 0.761. The summed E-state index contributed by atoms with van der Waals surface area (Å²) in [5.41, 5.74) is 1.52. The van der Waals surface area contributed by atoms with Crippen LogP contribution in [-0.2, 0) is 6.61 Å². The van der Waals surface area contributed by atoms with Crippen molar-refractivity contribution in [1.82, 2.24) is 5.32 Å². The first kappa shape index (κ1) is 16.8. The molecule has 0 aliphatic heterocycles. The number of nitrogens with one attached hydrogen (secondary N) is 1. The second kappa shape index (κ2) is 7.13. The highest BCUT2D eigenvalue weighted by atomic mass is 127. The van der Waals surface area contributed by atoms with E-state index in [0.29, 0.717) is 12.2 Å². The number of hydrogen-bond donors (Lipinski definition) is 1. The fourth-order valence-electron chi connectivity index (χ4n) is 1.91. The average Bonchev–Trinajstić information content (AvgIpc) is 2.45. The maximum absolute atomic E-state index is 12.1. The van der Waals surface area contributed by atoms with E-state index in [1.54, 1.807) is 6.07 Å². The molecule has 1 amide bonds. The molecule has 0 aromatic heterocycles. The van der Waals surface area contributed by atoms with E-state index in [1.165, 1.54) is 0 Å². The highest BCUT2D eigenvalue weighted by molar-refractivity contribution is 14.1. The third-order valence-electron chi connectivity index (χ3n) is 2.92. The Hall–Kier alpha value is -1.56. The zero-order valence-electron chi connectivity index (χ0n) is 13.0. The molecule has 0 saturated heterocycles. The molecule has 4 heteroatoms. The summed E-state index contributed by atoms with van der Waals surface area (Å²) >= 11 is 2.19. The minimum absolute atomic E-state index is 0.0694. The van der Waals surface area contributed by atoms with Crippen molar-refractivity contribution in [2.24, 2.45) is 0 Å². The van der Waals surface area contributed by atoms with Crippen molar-refractivity contribution in [3.8, 4) is 5.75 Å². The van der Waals surface area contributed by atoms with Crippen molar-refractivity contribution in [2.75, 3.05) is 0 Å². The van der Waals surface area contributed by atoms with Gasteiger partial charge in [-0.3, -0.25) is 4.79 Å². The summed E-state index contributed by atoms with van der Waals surface area (Å²) in [6.07, 6.45) is 0. The Labute approximate surface area is 145 Å². The average molecular weight is 409 g/mol. The van der Waals surface area contributed by atoms with Gasteiger partial charge in [0.05, 0.1) is 3.57 Å². The van der Waals surface area contributed by atoms with Crippen molar-refractivity contribution >= 4 is 28.5 Å². The summed E-state index contributed by atoms with van der Waals surface area (Å²) in [5.74, 6) is 0.719. The van der Waals surface area contributed by atoms with Crippen LogP contribution in [0.4, 0.5) is 0 Å². The number of rotatable bonds is 4. The Morgan fingerprint density at radius 2 is 1.82 bits per heavy atom. The lowest BCUT2D eigenvalue weighted by molar-refractivity contribution is 0.0919. The molecule has 22 heavy (non-hydrogen) atoms. The van der Waals surface area contributed by atoms with Gasteiger partial charge in [0.25, 0.3) is 5.91 Å². The van der Waals surface area contributed by atoms with Crippen LogP contribution in [0.25, 0.3) is 0 Å². The first-order valence-corrected chi connectivity index (χ1v) is 8.22. The molecule has 0 heterocycles. The first-order valence-electron chi connectivity index (χ1n) is 7.14. The van der Waals surface area contributed by atoms with Crippen LogP contribution in [0.1, 0.15) is 36.7 Å². The fourth-order valence-corrected chi connectivity index (χ4v) is 2.58. The molecule has 0 radical (unpaired) electrons. The van der Waals surface area contributed by atoms with Crippen LogP contribution in [0.2, 0.25) is 0 Å². The number of ether oxygens (including phenoxy) is 1. The van der Waals surface area contributed by atoms with Gasteiger partial charge >= 0.3 is 0 Å². The standard InChI is InChI=1S/C18H20INO2/c1-18(2,3)20-17(21)14-9-10-16(15(19)11-14)22-12-13-7-5-4-6-8-13/h4-11H,12H2,1-3H3,(H,20,21). The van der Waals surface area contributed by atoms with E-state index in [1.807, 2.05) is 63.2 Å². The molecule has 0 bridgehead atoms. The molecule has 1 N–H and O–H groups in total. The van der Waals surface area contributed by atoms with E-state index < -0.39 is 0 Å². The summed E-state index contributed by atoms with van der Waals surface area (Å²) in [7, 11) is 0. The topological polar surface area (TPSA) is 38.3 Å². The Kier molecular flexibility index (Phi) is 5.45. The maximum atomic E-state index is 12.1. The molecule has 0 atom stereocenters. The molecule has 0 aliphatic rings. The molecular weight excluding hydrogens is 389 g/mol. The van der Waals surface area contributed by atoms with Gasteiger partial charge in [-0.1, -0.05) is 30.3 Å². The molecule has 3 nitrogen and oxygen atoms in total. The van der Waals surface area contributed by atoms with Crippen LogP contribution in [0.3, 0.4) is 0 Å². The number of carbonyl (C=O) groups is 1. The molecule has 2 rings (SSSR count). The monoisotopic (exact) mass is 409 g/mol. The zero-order chi connectivity index (χ0) is 16.2. The largest absolute Gasteiger partial charge is 0.488 e. The second-order valence-electron chi connectivity index (χ2n) is 6.12. The minimum Gasteiger partial charge on any atom is -0.488 e. The van der Waals surface area contributed by atoms with Gasteiger partial charge in [0.1, 0.15) is 12.4 Å². The van der Waals surface area contributed by atoms with Crippen LogP contribution < -0.4 is 10.1 Å². The fraction of sp³-hybridized carbons (Fsp3) is 0.278. The molecular formula is C18H20INO2. The molecule has 0 spiro atoms. The first-order chi connectivity index (χ1) is 10.3. The van der Waals surface area contributed by atoms with Crippen LogP contribution >= 0.6 is 22.6 Å². The molecule has 0 aliphatic carbocycles. The van der Waals surface area contributed by atoms with E-state index in [0.717, 1.165) is 14.9 Å². The normalized spacial score (nSPS) is 11.1. The van der Waals surface area contributed by atoms with Crippen LogP contribution in [0.15, 0.2) is 48.5 Å². The van der Waals surface area contributed by atoms with Gasteiger partial charge in [-0.2, -0.15) is 0 Å². The summed E-state index contributed by atoms with van der Waals surface area (Å²) < 4.78 is 6.75. The van der Waals surface area contributed by atoms with E-state index in [4.69, 9.17) is 4.74 Å². The smallest absolute Gasteiger partial charge is 0.251 e. The number of amides is 1. The molecule has 0 saturated carbocycles.